The Kier molecular flexibility index (Phi) is 9.02. The molecule has 3 saturated heterocycles. The number of phenols is 2. The van der Waals surface area contributed by atoms with Gasteiger partial charge in [0.25, 0.3) is 0 Å². The van der Waals surface area contributed by atoms with Gasteiger partial charge in [-0.2, -0.15) is 0 Å². The van der Waals surface area contributed by atoms with Gasteiger partial charge in [-0.25, -0.2) is 14.4 Å². The summed E-state index contributed by atoms with van der Waals surface area (Å²) in [5.74, 6) is -6.71. The van der Waals surface area contributed by atoms with Crippen molar-refractivity contribution < 1.29 is 53.6 Å². The number of hydrogen-bond acceptors (Lipinski definition) is 11. The summed E-state index contributed by atoms with van der Waals surface area (Å²) < 4.78 is 3.99. The number of thioether (sulfide) groups is 1. The molecule has 3 heterocycles. The summed E-state index contributed by atoms with van der Waals surface area (Å²) in [5, 5.41) is 33.4. The van der Waals surface area contributed by atoms with E-state index in [9.17, 15) is 48.9 Å². The minimum atomic E-state index is -1.44. The number of ether oxygens (including phenoxy) is 1. The minimum absolute atomic E-state index is 0.0875. The zero-order chi connectivity index (χ0) is 34.2. The number of carbonyl (C=O) groups is 7. The fraction of sp³-hybridized carbons (Fsp3) is 0.367. The van der Waals surface area contributed by atoms with Crippen LogP contribution in [0.2, 0.25) is 0 Å². The first kappa shape index (κ1) is 33.1. The average Bonchev–Trinajstić information content (AvgIpc) is 3.33. The number of likely N-dealkylation sites (N-methyl/N-ethyl adjacent to an activating group) is 1. The zero-order valence-electron chi connectivity index (χ0n) is 25.1. The number of piperazine rings is 1. The second-order valence-electron chi connectivity index (χ2n) is 11.2. The molecule has 0 bridgehead atoms. The number of amides is 6. The van der Waals surface area contributed by atoms with E-state index in [2.05, 4.69) is 10.6 Å². The number of aliphatic carboxylic acids is 1. The van der Waals surface area contributed by atoms with Gasteiger partial charge < -0.3 is 40.5 Å². The van der Waals surface area contributed by atoms with Crippen LogP contribution in [0.3, 0.4) is 0 Å². The molecule has 0 saturated carbocycles. The number of carboxylic acid groups (broad SMARTS) is 1. The van der Waals surface area contributed by atoms with Crippen molar-refractivity contribution in [2.24, 2.45) is 0 Å². The first-order chi connectivity index (χ1) is 22.3. The SMILES string of the molecule is CCN1CCN(C(=O)NC(C(=O)NC2C(=O)N3C2SC(C)(COC(=O)c2ccc(O)c(O)c2)C3C(=O)O)c2ccccc2)C(=O)C1=O. The largest absolute Gasteiger partial charge is 0.504 e. The molecule has 3 aliphatic heterocycles. The van der Waals surface area contributed by atoms with Crippen LogP contribution in [0.5, 0.6) is 11.5 Å². The van der Waals surface area contributed by atoms with Crippen molar-refractivity contribution in [1.29, 1.82) is 0 Å². The molecule has 5 N–H and O–H groups in total. The van der Waals surface area contributed by atoms with Gasteiger partial charge in [-0.3, -0.25) is 24.1 Å². The quantitative estimate of drug-likeness (QED) is 0.103. The fourth-order valence-corrected chi connectivity index (χ4v) is 7.32. The number of carbonyl (C=O) groups excluding carboxylic acids is 6. The molecule has 5 unspecified atom stereocenters. The highest BCUT2D eigenvalue weighted by Crippen LogP contribution is 2.51. The Morgan fingerprint density at radius 3 is 2.36 bits per heavy atom. The highest BCUT2D eigenvalue weighted by Gasteiger charge is 2.66. The van der Waals surface area contributed by atoms with Gasteiger partial charge in [-0.1, -0.05) is 30.3 Å². The van der Waals surface area contributed by atoms with E-state index in [1.165, 1.54) is 17.9 Å². The third-order valence-electron chi connectivity index (χ3n) is 8.16. The van der Waals surface area contributed by atoms with Crippen LogP contribution in [0.4, 0.5) is 4.79 Å². The molecule has 0 aliphatic carbocycles. The molecule has 17 heteroatoms. The van der Waals surface area contributed by atoms with E-state index in [-0.39, 0.29) is 25.2 Å². The van der Waals surface area contributed by atoms with Gasteiger partial charge in [0.2, 0.25) is 11.8 Å². The average molecular weight is 670 g/mol. The van der Waals surface area contributed by atoms with E-state index in [0.717, 1.165) is 28.8 Å². The van der Waals surface area contributed by atoms with Crippen LogP contribution in [-0.2, 0) is 28.7 Å². The van der Waals surface area contributed by atoms with E-state index < -0.39 is 88.0 Å². The number of β-lactam (4-membered cyclic amide) rings is 1. The lowest BCUT2D eigenvalue weighted by atomic mass is 9.94. The predicted molar refractivity (Wildman–Crippen MR) is 162 cm³/mol. The number of hydrogen-bond donors (Lipinski definition) is 5. The van der Waals surface area contributed by atoms with Crippen molar-refractivity contribution in [3.8, 4) is 11.5 Å². The molecule has 47 heavy (non-hydrogen) atoms. The third kappa shape index (κ3) is 6.13. The summed E-state index contributed by atoms with van der Waals surface area (Å²) in [6.45, 7) is 3.05. The normalized spacial score (nSPS) is 24.3. The Labute approximate surface area is 271 Å². The molecule has 0 radical (unpaired) electrons. The predicted octanol–water partition coefficient (Wildman–Crippen LogP) is 0.00800. The van der Waals surface area contributed by atoms with Crippen molar-refractivity contribution in [1.82, 2.24) is 25.3 Å². The highest BCUT2D eigenvalue weighted by molar-refractivity contribution is 8.01. The van der Waals surface area contributed by atoms with Gasteiger partial charge in [0, 0.05) is 19.6 Å². The maximum Gasteiger partial charge on any atom is 0.338 e. The van der Waals surface area contributed by atoms with Crippen LogP contribution in [-0.4, -0.2) is 120 Å². The number of rotatable bonds is 9. The van der Waals surface area contributed by atoms with E-state index in [4.69, 9.17) is 4.74 Å². The first-order valence-electron chi connectivity index (χ1n) is 14.5. The number of benzene rings is 2. The molecule has 3 fully saturated rings. The topological polar surface area (TPSA) is 223 Å². The van der Waals surface area contributed by atoms with E-state index in [0.29, 0.717) is 10.5 Å². The fourth-order valence-electron chi connectivity index (χ4n) is 5.64. The number of phenolic OH excluding ortho intramolecular Hbond substituents is 2. The monoisotopic (exact) mass is 669 g/mol. The summed E-state index contributed by atoms with van der Waals surface area (Å²) in [5.41, 5.74) is 0.211. The summed E-state index contributed by atoms with van der Waals surface area (Å²) in [7, 11) is 0. The maximum atomic E-state index is 13.6. The van der Waals surface area contributed by atoms with Crippen LogP contribution >= 0.6 is 11.8 Å². The molecule has 2 aromatic carbocycles. The van der Waals surface area contributed by atoms with Gasteiger partial charge in [0.1, 0.15) is 30.1 Å². The van der Waals surface area contributed by atoms with Gasteiger partial charge in [0.05, 0.1) is 10.3 Å². The van der Waals surface area contributed by atoms with Crippen molar-refractivity contribution in [2.75, 3.05) is 26.2 Å². The zero-order valence-corrected chi connectivity index (χ0v) is 25.9. The molecular formula is C30H31N5O11S. The van der Waals surface area contributed by atoms with Crippen LogP contribution in [0.25, 0.3) is 0 Å². The number of esters is 1. The van der Waals surface area contributed by atoms with E-state index >= 15 is 0 Å². The molecule has 0 aromatic heterocycles. The summed E-state index contributed by atoms with van der Waals surface area (Å²) in [6, 6.07) is 6.26. The van der Waals surface area contributed by atoms with Crippen LogP contribution in [0, 0.1) is 0 Å². The lowest BCUT2D eigenvalue weighted by Crippen LogP contribution is -2.71. The standard InChI is InChI=1S/C30H31N5O11S/c1-3-33-11-12-34(25(41)24(33)40)29(45)32-19(15-7-5-4-6-8-15)22(38)31-20-23(39)35-21(27(42)43)30(2,47-26(20)35)14-46-28(44)16-9-10-17(36)18(37)13-16/h4-10,13,19-21,26,36-37H,3,11-12,14H2,1-2H3,(H,31,38)(H,32,45)(H,42,43). The lowest BCUT2D eigenvalue weighted by molar-refractivity contribution is -0.161. The Balaban J connectivity index is 1.30. The van der Waals surface area contributed by atoms with E-state index in [1.807, 2.05) is 0 Å². The van der Waals surface area contributed by atoms with E-state index in [1.54, 1.807) is 37.3 Å². The van der Waals surface area contributed by atoms with Crippen LogP contribution in [0.15, 0.2) is 48.5 Å². The van der Waals surface area contributed by atoms with Crippen LogP contribution in [0.1, 0.15) is 35.8 Å². The highest BCUT2D eigenvalue weighted by atomic mass is 32.2. The second-order valence-corrected chi connectivity index (χ2v) is 12.9. The molecule has 0 spiro atoms. The molecular weight excluding hydrogens is 638 g/mol. The van der Waals surface area contributed by atoms with Gasteiger partial charge >= 0.3 is 29.8 Å². The van der Waals surface area contributed by atoms with Crippen molar-refractivity contribution in [3.05, 3.63) is 59.7 Å². The molecule has 6 amide bonds. The Morgan fingerprint density at radius 1 is 1.02 bits per heavy atom. The number of fused-ring (bicyclic) bond motifs is 1. The molecule has 16 nitrogen and oxygen atoms in total. The number of urea groups is 1. The summed E-state index contributed by atoms with van der Waals surface area (Å²) in [4.78, 5) is 93.0. The number of carboxylic acids is 1. The number of nitrogens with one attached hydrogen (secondary N) is 2. The summed E-state index contributed by atoms with van der Waals surface area (Å²) in [6.07, 6.45) is 0. The Hall–Kier alpha value is -5.32. The number of nitrogens with zero attached hydrogens (tertiary/aromatic N) is 3. The Bertz CT molecular complexity index is 1660. The second kappa shape index (κ2) is 12.8. The van der Waals surface area contributed by atoms with Crippen molar-refractivity contribution in [3.63, 3.8) is 0 Å². The molecule has 5 atom stereocenters. The third-order valence-corrected chi connectivity index (χ3v) is 9.78. The lowest BCUT2D eigenvalue weighted by Gasteiger charge is -2.44. The minimum Gasteiger partial charge on any atom is -0.504 e. The molecule has 248 valence electrons. The van der Waals surface area contributed by atoms with Gasteiger partial charge in [-0.05, 0) is 37.6 Å². The number of imide groups is 1. The molecule has 2 aromatic rings. The maximum absolute atomic E-state index is 13.6. The van der Waals surface area contributed by atoms with Gasteiger partial charge in [0.15, 0.2) is 11.5 Å². The van der Waals surface area contributed by atoms with Gasteiger partial charge in [-0.15, -0.1) is 11.8 Å². The Morgan fingerprint density at radius 2 is 1.72 bits per heavy atom. The summed E-state index contributed by atoms with van der Waals surface area (Å²) >= 11 is 1.00. The number of aromatic hydroxyl groups is 2. The first-order valence-corrected chi connectivity index (χ1v) is 15.3. The van der Waals surface area contributed by atoms with Crippen molar-refractivity contribution in [2.45, 2.75) is 42.1 Å². The molecule has 3 aliphatic rings. The van der Waals surface area contributed by atoms with Crippen molar-refractivity contribution >= 4 is 53.4 Å². The van der Waals surface area contributed by atoms with Crippen LogP contribution < -0.4 is 10.6 Å². The molecule has 5 rings (SSSR count). The smallest absolute Gasteiger partial charge is 0.338 e.